The van der Waals surface area contributed by atoms with Gasteiger partial charge in [0.05, 0.1) is 18.2 Å². The van der Waals surface area contributed by atoms with Crippen LogP contribution in [0.25, 0.3) is 10.9 Å². The minimum absolute atomic E-state index is 0.183. The number of hydrogen-bond acceptors (Lipinski definition) is 4. The lowest BCUT2D eigenvalue weighted by Gasteiger charge is -2.37. The number of para-hydroxylation sites is 1. The van der Waals surface area contributed by atoms with Crippen molar-refractivity contribution >= 4 is 16.6 Å². The summed E-state index contributed by atoms with van der Waals surface area (Å²) >= 11 is 0. The molecule has 1 aromatic heterocycles. The number of pyridine rings is 1. The summed E-state index contributed by atoms with van der Waals surface area (Å²) in [7, 11) is 0. The number of aromatic nitrogens is 1. The summed E-state index contributed by atoms with van der Waals surface area (Å²) in [6, 6.07) is 10.8. The van der Waals surface area contributed by atoms with Gasteiger partial charge in [0.25, 0.3) is 0 Å². The average Bonchev–Trinajstić information content (AvgIpc) is 3.16. The number of nitrogens with zero attached hydrogens (tertiary/aromatic N) is 2. The van der Waals surface area contributed by atoms with Crippen LogP contribution in [-0.2, 0) is 15.9 Å². The molecule has 0 radical (unpaired) electrons. The van der Waals surface area contributed by atoms with E-state index in [9.17, 15) is 0 Å². The Kier molecular flexibility index (Phi) is 4.67. The van der Waals surface area contributed by atoms with Gasteiger partial charge in [0, 0.05) is 36.5 Å². The molecular formula is C20H26N2O2. The first kappa shape index (κ1) is 15.9. The van der Waals surface area contributed by atoms with Gasteiger partial charge in [-0.05, 0) is 31.4 Å². The molecule has 2 unspecified atom stereocenters. The van der Waals surface area contributed by atoms with Crippen LogP contribution in [0.3, 0.4) is 0 Å². The van der Waals surface area contributed by atoms with Crippen molar-refractivity contribution in [2.24, 2.45) is 0 Å². The number of aryl methyl sites for hydroxylation is 1. The Bertz CT molecular complexity index is 697. The number of hydrogen-bond donors (Lipinski definition) is 0. The molecule has 2 saturated heterocycles. The monoisotopic (exact) mass is 326 g/mol. The molecule has 4 heteroatoms. The van der Waals surface area contributed by atoms with Gasteiger partial charge in [0.1, 0.15) is 6.10 Å². The predicted molar refractivity (Wildman–Crippen MR) is 96.7 cm³/mol. The molecule has 2 aliphatic rings. The van der Waals surface area contributed by atoms with Gasteiger partial charge < -0.3 is 14.4 Å². The zero-order chi connectivity index (χ0) is 16.4. The molecule has 1 aromatic carbocycles. The zero-order valence-corrected chi connectivity index (χ0v) is 14.4. The van der Waals surface area contributed by atoms with E-state index >= 15 is 0 Å². The molecule has 24 heavy (non-hydrogen) atoms. The Morgan fingerprint density at radius 1 is 1.17 bits per heavy atom. The summed E-state index contributed by atoms with van der Waals surface area (Å²) in [6.45, 7) is 5.69. The van der Waals surface area contributed by atoms with Gasteiger partial charge in [-0.2, -0.15) is 0 Å². The fourth-order valence-electron chi connectivity index (χ4n) is 3.87. The fourth-order valence-corrected chi connectivity index (χ4v) is 3.87. The van der Waals surface area contributed by atoms with Crippen LogP contribution in [0.15, 0.2) is 30.3 Å². The van der Waals surface area contributed by atoms with E-state index in [1.807, 2.05) is 0 Å². The highest BCUT2D eigenvalue weighted by Crippen LogP contribution is 2.30. The van der Waals surface area contributed by atoms with E-state index in [1.165, 1.54) is 16.8 Å². The minimum atomic E-state index is 0.183. The Hall–Kier alpha value is -1.65. The summed E-state index contributed by atoms with van der Waals surface area (Å²) in [5.74, 6) is 0. The Morgan fingerprint density at radius 2 is 2.04 bits per heavy atom. The standard InChI is InChI=1S/C20H26N2O2/c1-2-6-15-13-18(16-7-3-4-8-17(16)21-15)22-10-12-24-20(14-22)19-9-5-11-23-19/h3-4,7-8,13,19-20H,2,5-6,9-12,14H2,1H3. The van der Waals surface area contributed by atoms with Crippen molar-refractivity contribution in [3.8, 4) is 0 Å². The predicted octanol–water partition coefficient (Wildman–Crippen LogP) is 3.57. The summed E-state index contributed by atoms with van der Waals surface area (Å²) in [5.41, 5.74) is 3.58. The van der Waals surface area contributed by atoms with Crippen LogP contribution in [0.2, 0.25) is 0 Å². The van der Waals surface area contributed by atoms with Crippen molar-refractivity contribution in [3.63, 3.8) is 0 Å². The highest BCUT2D eigenvalue weighted by atomic mass is 16.5. The zero-order valence-electron chi connectivity index (χ0n) is 14.4. The topological polar surface area (TPSA) is 34.6 Å². The molecule has 0 aliphatic carbocycles. The first-order valence-electron chi connectivity index (χ1n) is 9.22. The first-order valence-corrected chi connectivity index (χ1v) is 9.22. The van der Waals surface area contributed by atoms with E-state index in [2.05, 4.69) is 42.2 Å². The average molecular weight is 326 g/mol. The molecule has 0 saturated carbocycles. The van der Waals surface area contributed by atoms with Crippen molar-refractivity contribution in [2.75, 3.05) is 31.2 Å². The van der Waals surface area contributed by atoms with Crippen LogP contribution >= 0.6 is 0 Å². The third-order valence-electron chi connectivity index (χ3n) is 5.07. The molecule has 3 heterocycles. The molecule has 2 aromatic rings. The van der Waals surface area contributed by atoms with Gasteiger partial charge in [-0.3, -0.25) is 4.98 Å². The molecule has 2 aliphatic heterocycles. The molecule has 4 nitrogen and oxygen atoms in total. The number of ether oxygens (including phenoxy) is 2. The maximum atomic E-state index is 6.02. The second-order valence-electron chi connectivity index (χ2n) is 6.81. The maximum absolute atomic E-state index is 6.02. The van der Waals surface area contributed by atoms with E-state index in [-0.39, 0.29) is 12.2 Å². The summed E-state index contributed by atoms with van der Waals surface area (Å²) in [4.78, 5) is 7.31. The number of morpholine rings is 1. The lowest BCUT2D eigenvalue weighted by molar-refractivity contribution is -0.0542. The highest BCUT2D eigenvalue weighted by Gasteiger charge is 2.31. The van der Waals surface area contributed by atoms with Gasteiger partial charge in [-0.25, -0.2) is 0 Å². The lowest BCUT2D eigenvalue weighted by atomic mass is 10.1. The van der Waals surface area contributed by atoms with Crippen LogP contribution in [0.4, 0.5) is 5.69 Å². The molecule has 4 rings (SSSR count). The van der Waals surface area contributed by atoms with Gasteiger partial charge in [0.15, 0.2) is 0 Å². The smallest absolute Gasteiger partial charge is 0.101 e. The van der Waals surface area contributed by atoms with Gasteiger partial charge in [-0.15, -0.1) is 0 Å². The van der Waals surface area contributed by atoms with Gasteiger partial charge >= 0.3 is 0 Å². The molecule has 0 spiro atoms. The third kappa shape index (κ3) is 3.13. The highest BCUT2D eigenvalue weighted by molar-refractivity contribution is 5.92. The molecular weight excluding hydrogens is 300 g/mol. The number of fused-ring (bicyclic) bond motifs is 1. The van der Waals surface area contributed by atoms with E-state index in [4.69, 9.17) is 14.5 Å². The van der Waals surface area contributed by atoms with E-state index < -0.39 is 0 Å². The first-order chi connectivity index (χ1) is 11.8. The van der Waals surface area contributed by atoms with Gasteiger partial charge in [0.2, 0.25) is 0 Å². The number of rotatable bonds is 4. The quantitative estimate of drug-likeness (QED) is 0.860. The molecule has 128 valence electrons. The molecule has 0 N–H and O–H groups in total. The van der Waals surface area contributed by atoms with Crippen molar-refractivity contribution in [1.82, 2.24) is 4.98 Å². The Morgan fingerprint density at radius 3 is 2.88 bits per heavy atom. The van der Waals surface area contributed by atoms with Crippen molar-refractivity contribution in [2.45, 2.75) is 44.8 Å². The van der Waals surface area contributed by atoms with Crippen molar-refractivity contribution < 1.29 is 9.47 Å². The minimum Gasteiger partial charge on any atom is -0.375 e. The van der Waals surface area contributed by atoms with Crippen molar-refractivity contribution in [3.05, 3.63) is 36.0 Å². The van der Waals surface area contributed by atoms with E-state index in [0.717, 1.165) is 57.5 Å². The summed E-state index contributed by atoms with van der Waals surface area (Å²) in [5, 5.41) is 1.24. The second kappa shape index (κ2) is 7.08. The fraction of sp³-hybridized carbons (Fsp3) is 0.550. The van der Waals surface area contributed by atoms with Crippen LogP contribution < -0.4 is 4.90 Å². The Labute approximate surface area is 143 Å². The van der Waals surface area contributed by atoms with Crippen LogP contribution in [0.1, 0.15) is 31.9 Å². The summed E-state index contributed by atoms with van der Waals surface area (Å²) in [6.07, 6.45) is 4.86. The summed E-state index contributed by atoms with van der Waals surface area (Å²) < 4.78 is 11.9. The number of anilines is 1. The van der Waals surface area contributed by atoms with Crippen LogP contribution in [0, 0.1) is 0 Å². The SMILES string of the molecule is CCCc1cc(N2CCOC(C3CCCO3)C2)c2ccccc2n1. The lowest BCUT2D eigenvalue weighted by Crippen LogP contribution is -2.47. The molecule has 0 bridgehead atoms. The van der Waals surface area contributed by atoms with E-state index in [1.54, 1.807) is 0 Å². The normalized spacial score (nSPS) is 24.6. The molecule has 0 amide bonds. The maximum Gasteiger partial charge on any atom is 0.101 e. The largest absolute Gasteiger partial charge is 0.375 e. The van der Waals surface area contributed by atoms with Crippen molar-refractivity contribution in [1.29, 1.82) is 0 Å². The van der Waals surface area contributed by atoms with Crippen LogP contribution in [-0.4, -0.2) is 43.5 Å². The molecule has 2 fully saturated rings. The van der Waals surface area contributed by atoms with E-state index in [0.29, 0.717) is 0 Å². The van der Waals surface area contributed by atoms with Crippen LogP contribution in [0.5, 0.6) is 0 Å². The number of benzene rings is 1. The molecule has 2 atom stereocenters. The van der Waals surface area contributed by atoms with Gasteiger partial charge in [-0.1, -0.05) is 31.5 Å². The second-order valence-corrected chi connectivity index (χ2v) is 6.81. The Balaban J connectivity index is 1.66. The third-order valence-corrected chi connectivity index (χ3v) is 5.07.